The van der Waals surface area contributed by atoms with Gasteiger partial charge in [-0.25, -0.2) is 0 Å². The second-order valence-electron chi connectivity index (χ2n) is 10.4. The highest BCUT2D eigenvalue weighted by molar-refractivity contribution is 6.05. The van der Waals surface area contributed by atoms with E-state index in [9.17, 15) is 10.2 Å². The van der Waals surface area contributed by atoms with Crippen molar-refractivity contribution in [3.63, 3.8) is 0 Å². The molecule has 0 saturated heterocycles. The smallest absolute Gasteiger partial charge is 0.209 e. The van der Waals surface area contributed by atoms with Gasteiger partial charge in [0.05, 0.1) is 12.0 Å². The summed E-state index contributed by atoms with van der Waals surface area (Å²) >= 11 is 0. The molecule has 0 fully saturated rings. The van der Waals surface area contributed by atoms with Crippen molar-refractivity contribution in [3.05, 3.63) is 107 Å². The Labute approximate surface area is 202 Å². The van der Waals surface area contributed by atoms with Crippen LogP contribution in [0.15, 0.2) is 95.4 Å². The van der Waals surface area contributed by atoms with Crippen LogP contribution in [0.5, 0.6) is 0 Å². The number of fused-ring (bicyclic) bond motifs is 2. The monoisotopic (exact) mass is 453 g/mol. The summed E-state index contributed by atoms with van der Waals surface area (Å²) in [6.45, 7) is 13.7. The maximum Gasteiger partial charge on any atom is 0.209 e. The van der Waals surface area contributed by atoms with Crippen LogP contribution in [0.25, 0.3) is 0 Å². The molecule has 2 N–H and O–H groups in total. The second-order valence-corrected chi connectivity index (χ2v) is 10.4. The molecular formula is C30H33N2O2+. The van der Waals surface area contributed by atoms with Crippen LogP contribution in [-0.2, 0) is 10.8 Å². The van der Waals surface area contributed by atoms with Crippen LogP contribution in [0.4, 0.5) is 11.4 Å². The number of anilines is 1. The van der Waals surface area contributed by atoms with Crippen LogP contribution in [-0.4, -0.2) is 40.7 Å². The predicted molar refractivity (Wildman–Crippen MR) is 139 cm³/mol. The second kappa shape index (κ2) is 7.57. The van der Waals surface area contributed by atoms with Gasteiger partial charge < -0.3 is 15.1 Å². The maximum atomic E-state index is 11.1. The Bertz CT molecular complexity index is 1350. The molecule has 4 heteroatoms. The summed E-state index contributed by atoms with van der Waals surface area (Å²) in [5.41, 5.74) is 8.98. The van der Waals surface area contributed by atoms with Crippen LogP contribution < -0.4 is 4.90 Å². The van der Waals surface area contributed by atoms with Crippen LogP contribution in [0.1, 0.15) is 38.8 Å². The van der Waals surface area contributed by atoms with Crippen molar-refractivity contribution in [2.45, 2.75) is 38.5 Å². The molecule has 0 bridgehead atoms. The molecule has 5 rings (SSSR count). The fourth-order valence-electron chi connectivity index (χ4n) is 5.80. The number of β-amino-alcohol motifs (C(OH)–C–C–N with tert-alkyl or cyclic N) is 1. The van der Waals surface area contributed by atoms with Gasteiger partial charge in [0.25, 0.3) is 0 Å². The first-order valence-electron chi connectivity index (χ1n) is 11.9. The largest absolute Gasteiger partial charge is 0.507 e. The molecule has 2 heterocycles. The van der Waals surface area contributed by atoms with E-state index in [0.29, 0.717) is 6.54 Å². The fraction of sp³-hybridized carbons (Fsp3) is 0.300. The number of nitrogens with zero attached hydrogens (tertiary/aromatic N) is 2. The molecule has 0 saturated carbocycles. The lowest BCUT2D eigenvalue weighted by atomic mass is 9.76. The van der Waals surface area contributed by atoms with E-state index in [1.807, 2.05) is 12.1 Å². The first kappa shape index (κ1) is 22.4. The quantitative estimate of drug-likeness (QED) is 0.586. The van der Waals surface area contributed by atoms with Gasteiger partial charge in [0.15, 0.2) is 5.71 Å². The van der Waals surface area contributed by atoms with E-state index < -0.39 is 0 Å². The van der Waals surface area contributed by atoms with Gasteiger partial charge in [0, 0.05) is 52.2 Å². The van der Waals surface area contributed by atoms with Crippen molar-refractivity contribution in [2.24, 2.45) is 0 Å². The van der Waals surface area contributed by atoms with Gasteiger partial charge in [-0.1, -0.05) is 56.8 Å². The van der Waals surface area contributed by atoms with E-state index in [-0.39, 0.29) is 23.2 Å². The first-order valence-corrected chi connectivity index (χ1v) is 11.9. The Morgan fingerprint density at radius 2 is 1.59 bits per heavy atom. The predicted octanol–water partition coefficient (Wildman–Crippen LogP) is 5.67. The van der Waals surface area contributed by atoms with Crippen molar-refractivity contribution in [1.29, 1.82) is 0 Å². The molecule has 2 aliphatic heterocycles. The zero-order valence-electron chi connectivity index (χ0n) is 20.7. The molecule has 4 nitrogen and oxygen atoms in total. The Kier molecular flexibility index (Phi) is 4.99. The number of hydrogen-bond acceptors (Lipinski definition) is 3. The van der Waals surface area contributed by atoms with Gasteiger partial charge in [-0.2, -0.15) is 4.58 Å². The van der Waals surface area contributed by atoms with Crippen molar-refractivity contribution in [2.75, 3.05) is 25.1 Å². The third-order valence-electron chi connectivity index (χ3n) is 7.79. The highest BCUT2D eigenvalue weighted by Crippen LogP contribution is 2.50. The molecule has 0 spiro atoms. The highest BCUT2D eigenvalue weighted by Gasteiger charge is 2.45. The third-order valence-corrected chi connectivity index (χ3v) is 7.79. The summed E-state index contributed by atoms with van der Waals surface area (Å²) in [7, 11) is 2.08. The Morgan fingerprint density at radius 1 is 0.941 bits per heavy atom. The lowest BCUT2D eigenvalue weighted by Crippen LogP contribution is -2.30. The van der Waals surface area contributed by atoms with Gasteiger partial charge in [-0.3, -0.25) is 0 Å². The average Bonchev–Trinajstić information content (AvgIpc) is 3.15. The SMILES string of the molecule is C=C1C(=CC2=[N+](C)c3ccccc3C2(C)C)C(O)=C1C=C1N(CCO)c2ccccc2C1(C)C. The summed E-state index contributed by atoms with van der Waals surface area (Å²) in [5.74, 6) is 0.279. The number of para-hydroxylation sites is 2. The minimum Gasteiger partial charge on any atom is -0.507 e. The van der Waals surface area contributed by atoms with E-state index in [1.165, 1.54) is 16.8 Å². The van der Waals surface area contributed by atoms with Gasteiger partial charge in [-0.05, 0) is 37.1 Å². The van der Waals surface area contributed by atoms with Crippen LogP contribution >= 0.6 is 0 Å². The van der Waals surface area contributed by atoms with Crippen LogP contribution in [0, 0.1) is 0 Å². The van der Waals surface area contributed by atoms with E-state index in [2.05, 4.69) is 99.3 Å². The number of benzene rings is 2. The Hall–Kier alpha value is -3.37. The molecule has 0 radical (unpaired) electrons. The fourth-order valence-corrected chi connectivity index (χ4v) is 5.80. The van der Waals surface area contributed by atoms with Gasteiger partial charge >= 0.3 is 0 Å². The topological polar surface area (TPSA) is 46.7 Å². The normalized spacial score (nSPS) is 22.5. The minimum atomic E-state index is -0.247. The zero-order valence-corrected chi connectivity index (χ0v) is 20.7. The van der Waals surface area contributed by atoms with Crippen molar-refractivity contribution in [1.82, 2.24) is 0 Å². The minimum absolute atomic E-state index is 0.0547. The standard InChI is InChI=1S/C30H32N2O2/c1-19-20(17-26-29(2,3)22-11-7-9-13-24(22)31(26)6)28(34)21(19)18-27-30(4,5)23-12-8-10-14-25(23)32(27)15-16-33/h7-14,17-18,33H,1,15-16H2,2-6H3/p+1. The number of allylic oxidation sites excluding steroid dienone is 5. The maximum absolute atomic E-state index is 11.1. The molecule has 0 amide bonds. The average molecular weight is 454 g/mol. The third kappa shape index (κ3) is 2.98. The van der Waals surface area contributed by atoms with Crippen molar-refractivity contribution in [3.8, 4) is 0 Å². The molecule has 2 aromatic carbocycles. The molecule has 3 aliphatic rings. The number of rotatable bonds is 4. The van der Waals surface area contributed by atoms with E-state index >= 15 is 0 Å². The van der Waals surface area contributed by atoms with E-state index in [4.69, 9.17) is 0 Å². The molecule has 0 aromatic heterocycles. The highest BCUT2D eigenvalue weighted by atomic mass is 16.3. The van der Waals surface area contributed by atoms with Gasteiger partial charge in [0.2, 0.25) is 5.69 Å². The van der Waals surface area contributed by atoms with Crippen LogP contribution in [0.2, 0.25) is 0 Å². The molecular weight excluding hydrogens is 420 g/mol. The molecule has 34 heavy (non-hydrogen) atoms. The lowest BCUT2D eigenvalue weighted by Gasteiger charge is -2.30. The number of aliphatic hydroxyl groups is 2. The van der Waals surface area contributed by atoms with Gasteiger partial charge in [0.1, 0.15) is 12.8 Å². The number of aliphatic hydroxyl groups excluding tert-OH is 2. The van der Waals surface area contributed by atoms with Gasteiger partial charge in [-0.15, -0.1) is 0 Å². The summed E-state index contributed by atoms with van der Waals surface area (Å²) in [6, 6.07) is 16.8. The molecule has 1 aliphatic carbocycles. The lowest BCUT2D eigenvalue weighted by molar-refractivity contribution is -0.401. The van der Waals surface area contributed by atoms with Crippen molar-refractivity contribution >= 4 is 17.1 Å². The Morgan fingerprint density at radius 3 is 2.24 bits per heavy atom. The molecule has 174 valence electrons. The molecule has 0 unspecified atom stereocenters. The first-order chi connectivity index (χ1) is 16.1. The Balaban J connectivity index is 1.56. The van der Waals surface area contributed by atoms with Crippen LogP contribution in [0.3, 0.4) is 0 Å². The summed E-state index contributed by atoms with van der Waals surface area (Å²) in [6.07, 6.45) is 4.13. The van der Waals surface area contributed by atoms with Crippen molar-refractivity contribution < 1.29 is 14.8 Å². The summed E-state index contributed by atoms with van der Waals surface area (Å²) in [4.78, 5) is 2.16. The molecule has 2 aromatic rings. The molecule has 0 atom stereocenters. The zero-order chi connectivity index (χ0) is 24.4. The summed E-state index contributed by atoms with van der Waals surface area (Å²) < 4.78 is 2.21. The number of hydrogen-bond donors (Lipinski definition) is 2. The van der Waals surface area contributed by atoms with E-state index in [1.54, 1.807) is 0 Å². The summed E-state index contributed by atoms with van der Waals surface area (Å²) in [5, 5.41) is 20.9. The van der Waals surface area contributed by atoms with E-state index in [0.717, 1.165) is 33.8 Å².